The van der Waals surface area contributed by atoms with Crippen molar-refractivity contribution >= 4 is 16.9 Å². The number of benzene rings is 1. The Morgan fingerprint density at radius 3 is 2.59 bits per heavy atom. The highest BCUT2D eigenvalue weighted by molar-refractivity contribution is 5.80. The Bertz CT molecular complexity index is 495. The first-order valence-corrected chi connectivity index (χ1v) is 5.87. The number of para-hydroxylation sites is 1. The van der Waals surface area contributed by atoms with Crippen LogP contribution in [-0.4, -0.2) is 5.91 Å². The van der Waals surface area contributed by atoms with Gasteiger partial charge in [0.15, 0.2) is 0 Å². The van der Waals surface area contributed by atoms with E-state index in [4.69, 9.17) is 4.42 Å². The second kappa shape index (κ2) is 4.62. The molecular formula is C14H17NO2. The van der Waals surface area contributed by atoms with Crippen LogP contribution in [0.2, 0.25) is 0 Å². The van der Waals surface area contributed by atoms with Gasteiger partial charge < -0.3 is 9.73 Å². The lowest BCUT2D eigenvalue weighted by molar-refractivity contribution is -0.124. The smallest absolute Gasteiger partial charge is 0.223 e. The molecule has 90 valence electrons. The average molecular weight is 231 g/mol. The van der Waals surface area contributed by atoms with E-state index in [0.717, 1.165) is 16.7 Å². The van der Waals surface area contributed by atoms with Crippen LogP contribution in [0.3, 0.4) is 0 Å². The second-order valence-corrected chi connectivity index (χ2v) is 4.57. The van der Waals surface area contributed by atoms with Crippen molar-refractivity contribution in [1.29, 1.82) is 0 Å². The third kappa shape index (κ3) is 2.49. The minimum absolute atomic E-state index is 0.0122. The van der Waals surface area contributed by atoms with Gasteiger partial charge in [0.05, 0.1) is 6.04 Å². The van der Waals surface area contributed by atoms with Gasteiger partial charge in [0.2, 0.25) is 5.91 Å². The quantitative estimate of drug-likeness (QED) is 0.880. The highest BCUT2D eigenvalue weighted by atomic mass is 16.3. The topological polar surface area (TPSA) is 42.2 Å². The van der Waals surface area contributed by atoms with Gasteiger partial charge in [0.1, 0.15) is 11.3 Å². The zero-order valence-corrected chi connectivity index (χ0v) is 10.4. The number of amides is 1. The van der Waals surface area contributed by atoms with Crippen LogP contribution in [-0.2, 0) is 4.79 Å². The molecule has 0 saturated carbocycles. The Morgan fingerprint density at radius 2 is 1.94 bits per heavy atom. The summed E-state index contributed by atoms with van der Waals surface area (Å²) in [6.07, 6.45) is 0. The fourth-order valence-electron chi connectivity index (χ4n) is 1.67. The lowest BCUT2D eigenvalue weighted by Gasteiger charge is -2.12. The van der Waals surface area contributed by atoms with E-state index < -0.39 is 0 Å². The molecule has 1 N–H and O–H groups in total. The highest BCUT2D eigenvalue weighted by Crippen LogP contribution is 2.23. The summed E-state index contributed by atoms with van der Waals surface area (Å²) in [7, 11) is 0. The largest absolute Gasteiger partial charge is 0.459 e. The second-order valence-electron chi connectivity index (χ2n) is 4.57. The molecule has 3 heteroatoms. The Balaban J connectivity index is 2.19. The maximum atomic E-state index is 11.6. The fraction of sp³-hybridized carbons (Fsp3) is 0.357. The average Bonchev–Trinajstić information content (AvgIpc) is 2.72. The molecule has 0 aliphatic heterocycles. The highest BCUT2D eigenvalue weighted by Gasteiger charge is 2.15. The molecule has 0 radical (unpaired) electrons. The van der Waals surface area contributed by atoms with E-state index in [1.165, 1.54) is 0 Å². The number of fused-ring (bicyclic) bond motifs is 1. The molecule has 0 aliphatic rings. The monoisotopic (exact) mass is 231 g/mol. The van der Waals surface area contributed by atoms with E-state index in [-0.39, 0.29) is 17.9 Å². The molecule has 0 spiro atoms. The van der Waals surface area contributed by atoms with Gasteiger partial charge in [-0.15, -0.1) is 0 Å². The van der Waals surface area contributed by atoms with E-state index in [1.54, 1.807) is 0 Å². The van der Waals surface area contributed by atoms with Crippen molar-refractivity contribution < 1.29 is 9.21 Å². The predicted molar refractivity (Wildman–Crippen MR) is 67.6 cm³/mol. The summed E-state index contributed by atoms with van der Waals surface area (Å²) in [5.74, 6) is 0.819. The molecule has 0 aliphatic carbocycles. The van der Waals surface area contributed by atoms with Crippen LogP contribution in [0.15, 0.2) is 34.7 Å². The van der Waals surface area contributed by atoms with Crippen molar-refractivity contribution in [3.63, 3.8) is 0 Å². The van der Waals surface area contributed by atoms with Crippen LogP contribution in [0.25, 0.3) is 11.0 Å². The summed E-state index contributed by atoms with van der Waals surface area (Å²) in [4.78, 5) is 11.6. The molecule has 0 saturated heterocycles. The molecule has 1 atom stereocenters. The summed E-state index contributed by atoms with van der Waals surface area (Å²) in [5.41, 5.74) is 0.855. The minimum Gasteiger partial charge on any atom is -0.459 e. The number of nitrogens with one attached hydrogen (secondary N) is 1. The SMILES string of the molecule is CC(C)C(=O)NC(C)c1cc2ccccc2o1. The maximum absolute atomic E-state index is 11.6. The zero-order valence-electron chi connectivity index (χ0n) is 10.4. The van der Waals surface area contributed by atoms with Gasteiger partial charge in [0.25, 0.3) is 0 Å². The van der Waals surface area contributed by atoms with Crippen molar-refractivity contribution in [2.45, 2.75) is 26.8 Å². The standard InChI is InChI=1S/C14H17NO2/c1-9(2)14(16)15-10(3)13-8-11-6-4-5-7-12(11)17-13/h4-10H,1-3H3,(H,15,16). The number of rotatable bonds is 3. The third-order valence-corrected chi connectivity index (χ3v) is 2.75. The molecule has 0 bridgehead atoms. The molecule has 2 aromatic rings. The summed E-state index contributed by atoms with van der Waals surface area (Å²) in [6.45, 7) is 5.68. The van der Waals surface area contributed by atoms with Gasteiger partial charge >= 0.3 is 0 Å². The van der Waals surface area contributed by atoms with Gasteiger partial charge in [-0.1, -0.05) is 32.0 Å². The van der Waals surface area contributed by atoms with Gasteiger partial charge in [0, 0.05) is 11.3 Å². The van der Waals surface area contributed by atoms with Crippen molar-refractivity contribution in [2.24, 2.45) is 5.92 Å². The van der Waals surface area contributed by atoms with Gasteiger partial charge in [-0.2, -0.15) is 0 Å². The zero-order chi connectivity index (χ0) is 12.4. The van der Waals surface area contributed by atoms with E-state index in [0.29, 0.717) is 0 Å². The number of carbonyl (C=O) groups is 1. The van der Waals surface area contributed by atoms with Crippen LogP contribution in [0, 0.1) is 5.92 Å². The fourth-order valence-corrected chi connectivity index (χ4v) is 1.67. The van der Waals surface area contributed by atoms with Crippen molar-refractivity contribution in [3.8, 4) is 0 Å². The lowest BCUT2D eigenvalue weighted by atomic mass is 10.1. The Hall–Kier alpha value is -1.77. The van der Waals surface area contributed by atoms with E-state index in [1.807, 2.05) is 51.1 Å². The molecule has 0 fully saturated rings. The molecule has 1 aromatic heterocycles. The lowest BCUT2D eigenvalue weighted by Crippen LogP contribution is -2.30. The molecular weight excluding hydrogens is 214 g/mol. The van der Waals surface area contributed by atoms with Crippen LogP contribution in [0.4, 0.5) is 0 Å². The maximum Gasteiger partial charge on any atom is 0.223 e. The number of hydrogen-bond donors (Lipinski definition) is 1. The van der Waals surface area contributed by atoms with Crippen LogP contribution in [0.5, 0.6) is 0 Å². The van der Waals surface area contributed by atoms with Crippen LogP contribution < -0.4 is 5.32 Å². The molecule has 1 heterocycles. The normalized spacial score (nSPS) is 12.9. The molecule has 1 amide bonds. The summed E-state index contributed by atoms with van der Waals surface area (Å²) < 4.78 is 5.70. The summed E-state index contributed by atoms with van der Waals surface area (Å²) in [5, 5.41) is 3.99. The van der Waals surface area contributed by atoms with Crippen LogP contribution >= 0.6 is 0 Å². The van der Waals surface area contributed by atoms with E-state index in [9.17, 15) is 4.79 Å². The molecule has 1 unspecified atom stereocenters. The minimum atomic E-state index is -0.0997. The first-order valence-electron chi connectivity index (χ1n) is 5.87. The predicted octanol–water partition coefficient (Wildman–Crippen LogP) is 3.27. The summed E-state index contributed by atoms with van der Waals surface area (Å²) in [6, 6.07) is 9.71. The van der Waals surface area contributed by atoms with Crippen LogP contribution in [0.1, 0.15) is 32.6 Å². The van der Waals surface area contributed by atoms with E-state index in [2.05, 4.69) is 5.32 Å². The summed E-state index contributed by atoms with van der Waals surface area (Å²) >= 11 is 0. The number of carbonyl (C=O) groups excluding carboxylic acids is 1. The van der Waals surface area contributed by atoms with Gasteiger partial charge in [-0.25, -0.2) is 0 Å². The third-order valence-electron chi connectivity index (χ3n) is 2.75. The Morgan fingerprint density at radius 1 is 1.24 bits per heavy atom. The first kappa shape index (κ1) is 11.7. The number of hydrogen-bond acceptors (Lipinski definition) is 2. The number of furan rings is 1. The first-order chi connectivity index (χ1) is 8.08. The van der Waals surface area contributed by atoms with Gasteiger partial charge in [-0.05, 0) is 19.1 Å². The van der Waals surface area contributed by atoms with Gasteiger partial charge in [-0.3, -0.25) is 4.79 Å². The van der Waals surface area contributed by atoms with Crippen molar-refractivity contribution in [3.05, 3.63) is 36.1 Å². The van der Waals surface area contributed by atoms with Crippen molar-refractivity contribution in [2.75, 3.05) is 0 Å². The van der Waals surface area contributed by atoms with Crippen molar-refractivity contribution in [1.82, 2.24) is 5.32 Å². The molecule has 1 aromatic carbocycles. The molecule has 3 nitrogen and oxygen atoms in total. The Kier molecular flexibility index (Phi) is 3.18. The molecule has 2 rings (SSSR count). The Labute approximate surface area is 101 Å². The molecule has 17 heavy (non-hydrogen) atoms. The van der Waals surface area contributed by atoms with E-state index >= 15 is 0 Å².